The van der Waals surface area contributed by atoms with Crippen molar-refractivity contribution in [2.24, 2.45) is 0 Å². The largest absolute Gasteiger partial charge is 0.507 e. The Bertz CT molecular complexity index is 554. The van der Waals surface area contributed by atoms with Crippen LogP contribution in [0.5, 0.6) is 5.75 Å². The first kappa shape index (κ1) is 9.46. The molecule has 80 valence electrons. The number of aromatic hydroxyl groups is 1. The summed E-state index contributed by atoms with van der Waals surface area (Å²) in [6.45, 7) is 0. The first-order valence-electron chi connectivity index (χ1n) is 5.73. The molecule has 0 amide bonds. The number of phenols is 1. The van der Waals surface area contributed by atoms with Crippen LogP contribution in [-0.4, -0.2) is 5.11 Å². The molecule has 1 atom stereocenters. The minimum Gasteiger partial charge on any atom is -0.507 e. The molecule has 1 N–H and O–H groups in total. The van der Waals surface area contributed by atoms with Crippen molar-refractivity contribution in [2.75, 3.05) is 0 Å². The molecule has 0 saturated heterocycles. The molecule has 0 bridgehead atoms. The lowest BCUT2D eigenvalue weighted by Gasteiger charge is -2.12. The molecule has 0 aromatic heterocycles. The summed E-state index contributed by atoms with van der Waals surface area (Å²) in [5.41, 5.74) is 1.06. The van der Waals surface area contributed by atoms with Crippen LogP contribution in [-0.2, 0) is 0 Å². The van der Waals surface area contributed by atoms with Crippen LogP contribution < -0.4 is 0 Å². The van der Waals surface area contributed by atoms with E-state index < -0.39 is 0 Å². The summed E-state index contributed by atoms with van der Waals surface area (Å²) < 4.78 is 0. The fraction of sp³-hybridized carbons (Fsp3) is 0.200. The van der Waals surface area contributed by atoms with Gasteiger partial charge in [0, 0.05) is 16.9 Å². The van der Waals surface area contributed by atoms with Crippen molar-refractivity contribution >= 4 is 10.8 Å². The van der Waals surface area contributed by atoms with Crippen LogP contribution in [0.25, 0.3) is 10.8 Å². The first-order chi connectivity index (χ1) is 7.86. The van der Waals surface area contributed by atoms with E-state index in [9.17, 15) is 5.11 Å². The van der Waals surface area contributed by atoms with Gasteiger partial charge in [0.25, 0.3) is 0 Å². The van der Waals surface area contributed by atoms with Crippen molar-refractivity contribution in [3.63, 3.8) is 0 Å². The molecule has 2 aromatic rings. The second-order valence-electron chi connectivity index (χ2n) is 4.34. The molecule has 1 aliphatic carbocycles. The van der Waals surface area contributed by atoms with Gasteiger partial charge in [-0.1, -0.05) is 48.6 Å². The highest BCUT2D eigenvalue weighted by Gasteiger charge is 2.16. The van der Waals surface area contributed by atoms with E-state index in [1.54, 1.807) is 0 Å². The minimum atomic E-state index is 0.393. The highest BCUT2D eigenvalue weighted by molar-refractivity contribution is 5.89. The Morgan fingerprint density at radius 3 is 2.75 bits per heavy atom. The van der Waals surface area contributed by atoms with E-state index in [1.165, 1.54) is 0 Å². The zero-order valence-corrected chi connectivity index (χ0v) is 9.06. The molecule has 16 heavy (non-hydrogen) atoms. The Morgan fingerprint density at radius 1 is 1.06 bits per heavy atom. The fourth-order valence-electron chi connectivity index (χ4n) is 2.46. The maximum Gasteiger partial charge on any atom is 0.127 e. The quantitative estimate of drug-likeness (QED) is 0.706. The smallest absolute Gasteiger partial charge is 0.127 e. The summed E-state index contributed by atoms with van der Waals surface area (Å²) in [7, 11) is 0. The molecule has 0 saturated carbocycles. The van der Waals surface area contributed by atoms with E-state index in [0.29, 0.717) is 11.7 Å². The van der Waals surface area contributed by atoms with Crippen molar-refractivity contribution in [2.45, 2.75) is 18.8 Å². The zero-order chi connectivity index (χ0) is 11.0. The van der Waals surface area contributed by atoms with Crippen LogP contribution in [0, 0.1) is 0 Å². The van der Waals surface area contributed by atoms with Crippen molar-refractivity contribution < 1.29 is 5.11 Å². The average molecular weight is 210 g/mol. The summed E-state index contributed by atoms with van der Waals surface area (Å²) in [6.07, 6.45) is 6.63. The molecule has 1 aliphatic rings. The van der Waals surface area contributed by atoms with Gasteiger partial charge in [0.15, 0.2) is 0 Å². The van der Waals surface area contributed by atoms with Gasteiger partial charge in [-0.2, -0.15) is 0 Å². The van der Waals surface area contributed by atoms with Crippen LogP contribution in [0.1, 0.15) is 24.3 Å². The lowest BCUT2D eigenvalue weighted by molar-refractivity contribution is 0.471. The fourth-order valence-corrected chi connectivity index (χ4v) is 2.46. The van der Waals surface area contributed by atoms with Crippen LogP contribution in [0.4, 0.5) is 0 Å². The number of phenolic OH excluding ortho intramolecular Hbond substituents is 1. The van der Waals surface area contributed by atoms with Gasteiger partial charge in [-0.25, -0.2) is 0 Å². The van der Waals surface area contributed by atoms with Gasteiger partial charge in [-0.05, 0) is 18.2 Å². The van der Waals surface area contributed by atoms with E-state index in [2.05, 4.69) is 24.3 Å². The van der Waals surface area contributed by atoms with Gasteiger partial charge in [0.1, 0.15) is 5.75 Å². The SMILES string of the molecule is Oc1c(C2C=CCC2)ccc2ccccc12. The molecule has 0 aliphatic heterocycles. The lowest BCUT2D eigenvalue weighted by Crippen LogP contribution is -1.92. The molecule has 0 radical (unpaired) electrons. The molecular formula is C15H14O. The topological polar surface area (TPSA) is 20.2 Å². The van der Waals surface area contributed by atoms with Gasteiger partial charge < -0.3 is 5.11 Å². The van der Waals surface area contributed by atoms with Crippen molar-refractivity contribution in [3.05, 3.63) is 54.1 Å². The van der Waals surface area contributed by atoms with Crippen LogP contribution >= 0.6 is 0 Å². The average Bonchev–Trinajstić information content (AvgIpc) is 2.83. The molecule has 0 spiro atoms. The zero-order valence-electron chi connectivity index (χ0n) is 9.06. The Balaban J connectivity index is 2.19. The summed E-state index contributed by atoms with van der Waals surface area (Å²) in [6, 6.07) is 12.1. The van der Waals surface area contributed by atoms with E-state index in [1.807, 2.05) is 24.3 Å². The van der Waals surface area contributed by atoms with Crippen molar-refractivity contribution in [1.82, 2.24) is 0 Å². The molecule has 1 unspecified atom stereocenters. The number of rotatable bonds is 1. The third-order valence-corrected chi connectivity index (χ3v) is 3.34. The molecule has 0 heterocycles. The number of hydrogen-bond acceptors (Lipinski definition) is 1. The Hall–Kier alpha value is -1.76. The molecule has 1 heteroatoms. The molecule has 1 nitrogen and oxygen atoms in total. The van der Waals surface area contributed by atoms with Gasteiger partial charge in [-0.3, -0.25) is 0 Å². The normalized spacial score (nSPS) is 19.4. The van der Waals surface area contributed by atoms with Crippen molar-refractivity contribution in [3.8, 4) is 5.75 Å². The Morgan fingerprint density at radius 2 is 1.94 bits per heavy atom. The third-order valence-electron chi connectivity index (χ3n) is 3.34. The molecule has 3 rings (SSSR count). The van der Waals surface area contributed by atoms with Gasteiger partial charge in [0.05, 0.1) is 0 Å². The number of hydrogen-bond donors (Lipinski definition) is 1. The lowest BCUT2D eigenvalue weighted by atomic mass is 9.94. The standard InChI is InChI=1S/C15H14O/c16-15-13-8-4-3-7-12(13)9-10-14(15)11-5-1-2-6-11/h1,3-5,7-11,16H,2,6H2. The van der Waals surface area contributed by atoms with Gasteiger partial charge in [-0.15, -0.1) is 0 Å². The number of fused-ring (bicyclic) bond motifs is 1. The molecule has 2 aromatic carbocycles. The predicted octanol–water partition coefficient (Wildman–Crippen LogP) is 3.98. The second-order valence-corrected chi connectivity index (χ2v) is 4.34. The monoisotopic (exact) mass is 210 g/mol. The van der Waals surface area contributed by atoms with Gasteiger partial charge >= 0.3 is 0 Å². The summed E-state index contributed by atoms with van der Waals surface area (Å²) in [5, 5.41) is 12.3. The minimum absolute atomic E-state index is 0.393. The highest BCUT2D eigenvalue weighted by atomic mass is 16.3. The summed E-state index contributed by atoms with van der Waals surface area (Å²) in [5.74, 6) is 0.847. The van der Waals surface area contributed by atoms with E-state index in [-0.39, 0.29) is 0 Å². The summed E-state index contributed by atoms with van der Waals surface area (Å²) in [4.78, 5) is 0. The second kappa shape index (κ2) is 3.67. The molecular weight excluding hydrogens is 196 g/mol. The van der Waals surface area contributed by atoms with E-state index in [0.717, 1.165) is 29.2 Å². The molecule has 0 fully saturated rings. The third kappa shape index (κ3) is 1.40. The Kier molecular flexibility index (Phi) is 2.17. The maximum atomic E-state index is 10.3. The first-order valence-corrected chi connectivity index (χ1v) is 5.73. The number of allylic oxidation sites excluding steroid dienone is 2. The van der Waals surface area contributed by atoms with Crippen LogP contribution in [0.15, 0.2) is 48.6 Å². The van der Waals surface area contributed by atoms with E-state index >= 15 is 0 Å². The summed E-state index contributed by atoms with van der Waals surface area (Å²) >= 11 is 0. The van der Waals surface area contributed by atoms with Crippen LogP contribution in [0.3, 0.4) is 0 Å². The van der Waals surface area contributed by atoms with Crippen LogP contribution in [0.2, 0.25) is 0 Å². The predicted molar refractivity (Wildman–Crippen MR) is 66.7 cm³/mol. The van der Waals surface area contributed by atoms with E-state index in [4.69, 9.17) is 0 Å². The maximum absolute atomic E-state index is 10.3. The highest BCUT2D eigenvalue weighted by Crippen LogP contribution is 2.38. The number of benzene rings is 2. The van der Waals surface area contributed by atoms with Crippen molar-refractivity contribution in [1.29, 1.82) is 0 Å². The van der Waals surface area contributed by atoms with Gasteiger partial charge in [0.2, 0.25) is 0 Å². The Labute approximate surface area is 95.0 Å².